The Morgan fingerprint density at radius 2 is 0.763 bits per heavy atom. The van der Waals surface area contributed by atoms with Crippen molar-refractivity contribution < 1.29 is 97.0 Å². The third kappa shape index (κ3) is 4.70. The molecule has 0 unspecified atom stereocenters. The molecule has 23 heteroatoms. The van der Waals surface area contributed by atoms with Gasteiger partial charge in [0.2, 0.25) is 5.91 Å². The molecule has 0 bridgehead atoms. The highest BCUT2D eigenvalue weighted by atomic mass is 19.4. The summed E-state index contributed by atoms with van der Waals surface area (Å²) < 4.78 is 277. The number of rotatable bonds is 12. The summed E-state index contributed by atoms with van der Waals surface area (Å²) >= 11 is 0. The van der Waals surface area contributed by atoms with E-state index in [-0.39, 0.29) is 6.08 Å². The van der Waals surface area contributed by atoms with Crippen LogP contribution in [0.25, 0.3) is 0 Å². The number of amides is 1. The zero-order chi connectivity index (χ0) is 31.4. The molecule has 0 atom stereocenters. The minimum Gasteiger partial charge on any atom is -0.352 e. The maximum absolute atomic E-state index is 13.6. The van der Waals surface area contributed by atoms with Gasteiger partial charge in [-0.3, -0.25) is 4.79 Å². The molecule has 1 amide bonds. The number of carbonyl (C=O) groups is 1. The van der Waals surface area contributed by atoms with E-state index in [0.29, 0.717) is 0 Å². The molecule has 0 aliphatic rings. The lowest BCUT2D eigenvalue weighted by atomic mass is 9.86. The maximum atomic E-state index is 13.6. The zero-order valence-electron chi connectivity index (χ0n) is 17.0. The molecule has 1 N–H and O–H groups in total. The molecule has 0 rings (SSSR count). The van der Waals surface area contributed by atoms with Gasteiger partial charge in [-0.15, -0.1) is 0 Å². The molecule has 0 saturated heterocycles. The molecular weight excluding hydrogens is 609 g/mol. The van der Waals surface area contributed by atoms with Crippen LogP contribution in [-0.4, -0.2) is 71.9 Å². The number of halogens is 21. The Bertz CT molecular complexity index is 886. The second kappa shape index (κ2) is 9.44. The lowest BCUT2D eigenvalue weighted by molar-refractivity contribution is -0.474. The van der Waals surface area contributed by atoms with Crippen molar-refractivity contribution in [3.8, 4) is 0 Å². The van der Waals surface area contributed by atoms with Crippen molar-refractivity contribution in [3.63, 3.8) is 0 Å². The van der Waals surface area contributed by atoms with Gasteiger partial charge in [-0.25, -0.2) is 0 Å². The molecule has 226 valence electrons. The molecule has 0 aliphatic carbocycles. The van der Waals surface area contributed by atoms with E-state index in [4.69, 9.17) is 0 Å². The van der Waals surface area contributed by atoms with Crippen LogP contribution < -0.4 is 5.32 Å². The van der Waals surface area contributed by atoms with E-state index in [0.717, 1.165) is 5.32 Å². The zero-order valence-corrected chi connectivity index (χ0v) is 17.0. The second-order valence-electron chi connectivity index (χ2n) is 7.04. The van der Waals surface area contributed by atoms with Gasteiger partial charge in [0.15, 0.2) is 0 Å². The lowest BCUT2D eigenvalue weighted by Gasteiger charge is -2.44. The summed E-state index contributed by atoms with van der Waals surface area (Å²) in [6.07, 6.45) is -10.7. The average molecular weight is 617 g/mol. The average Bonchev–Trinajstić information content (AvgIpc) is 2.71. The first-order chi connectivity index (χ1) is 16.2. The van der Waals surface area contributed by atoms with Crippen molar-refractivity contribution in [1.29, 1.82) is 0 Å². The highest BCUT2D eigenvalue weighted by molar-refractivity contribution is 5.86. The fraction of sp³-hybridized carbons (Fsp3) is 0.800. The van der Waals surface area contributed by atoms with Crippen molar-refractivity contribution in [2.75, 3.05) is 6.54 Å². The van der Waals surface area contributed by atoms with Crippen LogP contribution in [0.5, 0.6) is 0 Å². The van der Waals surface area contributed by atoms with Crippen LogP contribution in [0, 0.1) is 0 Å². The number of nitrogens with one attached hydrogen (secondary N) is 1. The highest BCUT2D eigenvalue weighted by Gasteiger charge is 2.97. The molecule has 0 aliphatic heterocycles. The Morgan fingerprint density at radius 3 is 1.03 bits per heavy atom. The first-order valence-corrected chi connectivity index (χ1v) is 8.58. The van der Waals surface area contributed by atoms with Crippen LogP contribution in [0.15, 0.2) is 12.7 Å². The minimum atomic E-state index is -9.20. The largest absolute Gasteiger partial charge is 0.460 e. The lowest BCUT2D eigenvalue weighted by Crippen LogP contribution is -2.76. The summed E-state index contributed by atoms with van der Waals surface area (Å²) in [5.41, 5.74) is 0. The topological polar surface area (TPSA) is 29.1 Å². The van der Waals surface area contributed by atoms with Crippen LogP contribution >= 0.6 is 0 Å². The molecule has 0 radical (unpaired) electrons. The maximum Gasteiger partial charge on any atom is 0.460 e. The summed E-state index contributed by atoms with van der Waals surface area (Å²) in [6, 6.07) is 0. The quantitative estimate of drug-likeness (QED) is 0.186. The Labute approximate surface area is 194 Å². The first-order valence-electron chi connectivity index (χ1n) is 8.58. The van der Waals surface area contributed by atoms with Crippen LogP contribution in [0.3, 0.4) is 0 Å². The Morgan fingerprint density at radius 1 is 0.500 bits per heavy atom. The third-order valence-corrected chi connectivity index (χ3v) is 4.50. The van der Waals surface area contributed by atoms with Crippen molar-refractivity contribution in [2.24, 2.45) is 0 Å². The van der Waals surface area contributed by atoms with Gasteiger partial charge in [-0.2, -0.15) is 92.2 Å². The van der Waals surface area contributed by atoms with Crippen LogP contribution in [0.1, 0.15) is 6.42 Å². The molecule has 0 saturated carbocycles. The van der Waals surface area contributed by atoms with Crippen LogP contribution in [0.4, 0.5) is 92.2 Å². The van der Waals surface area contributed by atoms with Gasteiger partial charge >= 0.3 is 59.5 Å². The monoisotopic (exact) mass is 617 g/mol. The van der Waals surface area contributed by atoms with E-state index in [1.165, 1.54) is 0 Å². The van der Waals surface area contributed by atoms with Gasteiger partial charge in [0.25, 0.3) is 0 Å². The molecule has 0 aromatic rings. The fourth-order valence-corrected chi connectivity index (χ4v) is 2.16. The van der Waals surface area contributed by atoms with E-state index in [2.05, 4.69) is 6.58 Å². The first kappa shape index (κ1) is 35.7. The van der Waals surface area contributed by atoms with Crippen molar-refractivity contribution in [2.45, 2.75) is 65.9 Å². The Hall–Kier alpha value is -2.26. The molecule has 0 aromatic carbocycles. The SMILES string of the molecule is C=CC(=O)NCCC(F)(F)C(F)(F)C(F)(F)C(F)(F)C(F)(F)C(F)(F)C(F)(F)C(F)(F)C(F)(F)C(F)(F)F. The van der Waals surface area contributed by atoms with Gasteiger partial charge in [0, 0.05) is 13.0 Å². The summed E-state index contributed by atoms with van der Waals surface area (Å²) in [5, 5.41) is 1.15. The third-order valence-electron chi connectivity index (χ3n) is 4.50. The predicted molar refractivity (Wildman–Crippen MR) is 78.4 cm³/mol. The summed E-state index contributed by atoms with van der Waals surface area (Å²) in [4.78, 5) is 10.7. The van der Waals surface area contributed by atoms with E-state index in [9.17, 15) is 97.0 Å². The fourth-order valence-electron chi connectivity index (χ4n) is 2.16. The standard InChI is InChI=1S/C15H8F21NO/c1-2-5(38)37-4-3-6(16,17)7(18,19)8(20,21)9(22,23)10(24,25)11(26,27)12(28,29)13(30,31)14(32,33)15(34,35)36/h2H,1,3-4H2,(H,37,38). The van der Waals surface area contributed by atoms with Crippen molar-refractivity contribution in [1.82, 2.24) is 5.32 Å². The second-order valence-corrected chi connectivity index (χ2v) is 7.04. The molecule has 2 nitrogen and oxygen atoms in total. The Kier molecular flexibility index (Phi) is 8.87. The van der Waals surface area contributed by atoms with Gasteiger partial charge < -0.3 is 5.32 Å². The molecular formula is C15H8F21NO. The smallest absolute Gasteiger partial charge is 0.352 e. The molecule has 0 heterocycles. The number of hydrogen-bond acceptors (Lipinski definition) is 1. The van der Waals surface area contributed by atoms with Crippen molar-refractivity contribution >= 4 is 5.91 Å². The number of carbonyl (C=O) groups excluding carboxylic acids is 1. The summed E-state index contributed by atoms with van der Waals surface area (Å²) in [6.45, 7) is 0.776. The number of hydrogen-bond donors (Lipinski definition) is 1. The Balaban J connectivity index is 6.83. The minimum absolute atomic E-state index is 0.222. The van der Waals surface area contributed by atoms with E-state index < -0.39 is 78.4 Å². The molecule has 0 fully saturated rings. The van der Waals surface area contributed by atoms with E-state index >= 15 is 0 Å². The van der Waals surface area contributed by atoms with E-state index in [1.54, 1.807) is 0 Å². The van der Waals surface area contributed by atoms with Gasteiger partial charge in [-0.05, 0) is 6.08 Å². The molecule has 0 spiro atoms. The molecule has 0 aromatic heterocycles. The van der Waals surface area contributed by atoms with Crippen LogP contribution in [0.2, 0.25) is 0 Å². The van der Waals surface area contributed by atoms with Gasteiger partial charge in [0.1, 0.15) is 0 Å². The van der Waals surface area contributed by atoms with E-state index in [1.807, 2.05) is 0 Å². The summed E-state index contributed by atoms with van der Waals surface area (Å²) in [7, 11) is 0. The van der Waals surface area contributed by atoms with Gasteiger partial charge in [-0.1, -0.05) is 6.58 Å². The predicted octanol–water partition coefficient (Wildman–Crippen LogP) is 6.96. The molecule has 38 heavy (non-hydrogen) atoms. The normalized spacial score (nSPS) is 15.9. The van der Waals surface area contributed by atoms with Crippen molar-refractivity contribution in [3.05, 3.63) is 12.7 Å². The highest BCUT2D eigenvalue weighted by Crippen LogP contribution is 2.66. The van der Waals surface area contributed by atoms with Gasteiger partial charge in [0.05, 0.1) is 0 Å². The number of alkyl halides is 21. The summed E-state index contributed by atoms with van der Waals surface area (Å²) in [5.74, 6) is -78.8. The van der Waals surface area contributed by atoms with Crippen LogP contribution in [-0.2, 0) is 4.79 Å².